The number of alkyl halides is 3. The van der Waals surface area contributed by atoms with Gasteiger partial charge in [-0.25, -0.2) is 0 Å². The fourth-order valence-electron chi connectivity index (χ4n) is 2.46. The highest BCUT2D eigenvalue weighted by Crippen LogP contribution is 2.32. The van der Waals surface area contributed by atoms with Crippen LogP contribution in [0.5, 0.6) is 5.75 Å². The number of benzene rings is 2. The van der Waals surface area contributed by atoms with Gasteiger partial charge in [0.2, 0.25) is 5.91 Å². The topological polar surface area (TPSA) is 81.4 Å². The van der Waals surface area contributed by atoms with Crippen molar-refractivity contribution in [1.29, 1.82) is 0 Å². The lowest BCUT2D eigenvalue weighted by Gasteiger charge is -2.18. The summed E-state index contributed by atoms with van der Waals surface area (Å²) in [6.45, 7) is 0. The highest BCUT2D eigenvalue weighted by atomic mass is 35.5. The Bertz CT molecular complexity index is 856. The summed E-state index contributed by atoms with van der Waals surface area (Å²) in [5.41, 5.74) is 4.15. The van der Waals surface area contributed by atoms with Crippen molar-refractivity contribution in [2.75, 3.05) is 7.11 Å². The van der Waals surface area contributed by atoms with Crippen molar-refractivity contribution in [2.24, 2.45) is 5.73 Å². The number of nitrogens with one attached hydrogen (secondary N) is 1. The summed E-state index contributed by atoms with van der Waals surface area (Å²) in [7, 11) is 1.44. The molecule has 0 spiro atoms. The minimum absolute atomic E-state index is 0.0427. The molecule has 0 fully saturated rings. The fraction of sp³-hybridized carbons (Fsp3) is 0.222. The van der Waals surface area contributed by atoms with E-state index in [2.05, 4.69) is 5.32 Å². The van der Waals surface area contributed by atoms with Crippen molar-refractivity contribution in [2.45, 2.75) is 18.6 Å². The van der Waals surface area contributed by atoms with Crippen LogP contribution in [0.15, 0.2) is 42.5 Å². The molecule has 0 radical (unpaired) electrons. The van der Waals surface area contributed by atoms with Gasteiger partial charge in [0.15, 0.2) is 0 Å². The van der Waals surface area contributed by atoms with Gasteiger partial charge in [-0.1, -0.05) is 29.8 Å². The fourth-order valence-corrected chi connectivity index (χ4v) is 2.74. The number of halogens is 4. The van der Waals surface area contributed by atoms with Crippen LogP contribution in [0, 0.1) is 0 Å². The summed E-state index contributed by atoms with van der Waals surface area (Å²) in [6, 6.07) is 7.76. The first-order valence-electron chi connectivity index (χ1n) is 7.72. The number of amides is 2. The molecular weight excluding hydrogens is 385 g/mol. The number of carbonyl (C=O) groups is 2. The zero-order valence-corrected chi connectivity index (χ0v) is 14.9. The normalized spacial score (nSPS) is 12.3. The Hall–Kier alpha value is -2.74. The van der Waals surface area contributed by atoms with Gasteiger partial charge in [0, 0.05) is 6.42 Å². The minimum atomic E-state index is -4.71. The van der Waals surface area contributed by atoms with Crippen LogP contribution < -0.4 is 15.8 Å². The molecule has 0 bridgehead atoms. The third-order valence-electron chi connectivity index (χ3n) is 3.78. The third kappa shape index (κ3) is 5.13. The van der Waals surface area contributed by atoms with E-state index in [4.69, 9.17) is 22.1 Å². The van der Waals surface area contributed by atoms with Crippen LogP contribution in [0.2, 0.25) is 5.02 Å². The van der Waals surface area contributed by atoms with E-state index in [0.717, 1.165) is 12.1 Å². The number of ether oxygens (including phenoxy) is 1. The van der Waals surface area contributed by atoms with Crippen LogP contribution in [-0.4, -0.2) is 25.0 Å². The van der Waals surface area contributed by atoms with Crippen LogP contribution in [0.4, 0.5) is 13.2 Å². The Morgan fingerprint density at radius 1 is 1.22 bits per heavy atom. The van der Waals surface area contributed by atoms with Crippen LogP contribution in [0.1, 0.15) is 21.5 Å². The lowest BCUT2D eigenvalue weighted by molar-refractivity contribution is -0.137. The summed E-state index contributed by atoms with van der Waals surface area (Å²) in [4.78, 5) is 24.0. The zero-order valence-electron chi connectivity index (χ0n) is 14.1. The first-order valence-corrected chi connectivity index (χ1v) is 8.10. The van der Waals surface area contributed by atoms with Crippen molar-refractivity contribution >= 4 is 23.4 Å². The number of primary amides is 1. The Labute approximate surface area is 158 Å². The van der Waals surface area contributed by atoms with Crippen LogP contribution in [0.3, 0.4) is 0 Å². The maximum Gasteiger partial charge on any atom is 0.417 e. The Morgan fingerprint density at radius 2 is 1.89 bits per heavy atom. The van der Waals surface area contributed by atoms with E-state index in [1.165, 1.54) is 25.3 Å². The van der Waals surface area contributed by atoms with Gasteiger partial charge in [0.25, 0.3) is 5.91 Å². The molecule has 0 aliphatic rings. The molecule has 0 saturated heterocycles. The van der Waals surface area contributed by atoms with Gasteiger partial charge >= 0.3 is 6.18 Å². The monoisotopic (exact) mass is 400 g/mol. The van der Waals surface area contributed by atoms with E-state index in [-0.39, 0.29) is 11.4 Å². The summed E-state index contributed by atoms with van der Waals surface area (Å²) in [5.74, 6) is -1.52. The Morgan fingerprint density at radius 3 is 2.44 bits per heavy atom. The summed E-state index contributed by atoms with van der Waals surface area (Å²) >= 11 is 6.01. The smallest absolute Gasteiger partial charge is 0.417 e. The highest BCUT2D eigenvalue weighted by molar-refractivity contribution is 6.32. The molecule has 0 aromatic heterocycles. The molecule has 3 N–H and O–H groups in total. The van der Waals surface area contributed by atoms with E-state index in [1.807, 2.05) is 0 Å². The molecule has 144 valence electrons. The van der Waals surface area contributed by atoms with Crippen molar-refractivity contribution in [1.82, 2.24) is 5.32 Å². The Balaban J connectivity index is 2.23. The van der Waals surface area contributed by atoms with Gasteiger partial charge in [0.1, 0.15) is 11.8 Å². The molecule has 2 aromatic carbocycles. The van der Waals surface area contributed by atoms with Crippen LogP contribution >= 0.6 is 11.6 Å². The second kappa shape index (κ2) is 8.30. The first-order chi connectivity index (χ1) is 12.6. The quantitative estimate of drug-likeness (QED) is 0.781. The number of hydrogen-bond donors (Lipinski definition) is 2. The highest BCUT2D eigenvalue weighted by Gasteiger charge is 2.35. The minimum Gasteiger partial charge on any atom is -0.495 e. The number of rotatable bonds is 6. The van der Waals surface area contributed by atoms with Gasteiger partial charge in [-0.2, -0.15) is 13.2 Å². The molecule has 0 aliphatic heterocycles. The molecule has 2 rings (SSSR count). The molecule has 2 aromatic rings. The molecular formula is C18H16ClF3N2O3. The summed E-state index contributed by atoms with van der Waals surface area (Å²) in [6.07, 6.45) is -4.75. The summed E-state index contributed by atoms with van der Waals surface area (Å²) in [5, 5.41) is 2.54. The molecule has 9 heteroatoms. The molecule has 27 heavy (non-hydrogen) atoms. The van der Waals surface area contributed by atoms with Crippen molar-refractivity contribution in [3.05, 3.63) is 64.2 Å². The summed E-state index contributed by atoms with van der Waals surface area (Å²) < 4.78 is 44.2. The standard InChI is InChI=1S/C18H16ClF3N2O3/c1-27-15-7-6-10(8-13(15)19)9-14(16(23)25)24-17(26)11-4-2-3-5-12(11)18(20,21)22/h2-8,14H,9H2,1H3,(H2,23,25)(H,24,26)/t14-/m0/s1. The number of carbonyl (C=O) groups excluding carboxylic acids is 2. The molecule has 2 amide bonds. The molecule has 0 heterocycles. The molecule has 0 aliphatic carbocycles. The van der Waals surface area contributed by atoms with E-state index >= 15 is 0 Å². The maximum absolute atomic E-state index is 13.1. The lowest BCUT2D eigenvalue weighted by Crippen LogP contribution is -2.46. The maximum atomic E-state index is 13.1. The first kappa shape index (κ1) is 20.6. The SMILES string of the molecule is COc1ccc(C[C@H](NC(=O)c2ccccc2C(F)(F)F)C(N)=O)cc1Cl. The van der Waals surface area contributed by atoms with Crippen LogP contribution in [0.25, 0.3) is 0 Å². The van der Waals surface area contributed by atoms with E-state index in [9.17, 15) is 22.8 Å². The predicted molar refractivity (Wildman–Crippen MR) is 93.6 cm³/mol. The Kier molecular flexibility index (Phi) is 6.32. The number of nitrogens with two attached hydrogens (primary N) is 1. The second-order valence-corrected chi connectivity index (χ2v) is 6.05. The van der Waals surface area contributed by atoms with Gasteiger partial charge in [-0.3, -0.25) is 9.59 Å². The zero-order chi connectivity index (χ0) is 20.2. The predicted octanol–water partition coefficient (Wildman–Crippen LogP) is 3.19. The van der Waals surface area contributed by atoms with Gasteiger partial charge < -0.3 is 15.8 Å². The molecule has 0 saturated carbocycles. The van der Waals surface area contributed by atoms with Gasteiger partial charge in [-0.15, -0.1) is 0 Å². The lowest BCUT2D eigenvalue weighted by atomic mass is 10.0. The van der Waals surface area contributed by atoms with E-state index in [0.29, 0.717) is 11.3 Å². The molecule has 1 atom stereocenters. The average molecular weight is 401 g/mol. The largest absolute Gasteiger partial charge is 0.495 e. The van der Waals surface area contributed by atoms with E-state index in [1.54, 1.807) is 12.1 Å². The third-order valence-corrected chi connectivity index (χ3v) is 4.08. The van der Waals surface area contributed by atoms with Crippen LogP contribution in [-0.2, 0) is 17.4 Å². The van der Waals surface area contributed by atoms with Gasteiger partial charge in [0.05, 0.1) is 23.3 Å². The number of hydrogen-bond acceptors (Lipinski definition) is 3. The van der Waals surface area contributed by atoms with Gasteiger partial charge in [-0.05, 0) is 29.8 Å². The average Bonchev–Trinajstić information content (AvgIpc) is 2.60. The second-order valence-electron chi connectivity index (χ2n) is 5.64. The van der Waals surface area contributed by atoms with Crippen molar-refractivity contribution < 1.29 is 27.5 Å². The van der Waals surface area contributed by atoms with Crippen molar-refractivity contribution in [3.8, 4) is 5.75 Å². The van der Waals surface area contributed by atoms with Crippen molar-refractivity contribution in [3.63, 3.8) is 0 Å². The van der Waals surface area contributed by atoms with E-state index < -0.39 is 35.2 Å². The molecule has 0 unspecified atom stereocenters. The number of methoxy groups -OCH3 is 1. The molecule has 5 nitrogen and oxygen atoms in total.